The molecule has 11 heteroatoms. The summed E-state index contributed by atoms with van der Waals surface area (Å²) in [5.41, 5.74) is 3.31. The number of carbonyl (C=O) groups is 2. The Morgan fingerprint density at radius 2 is 1.88 bits per heavy atom. The number of sulfonamides is 1. The topological polar surface area (TPSA) is 92.2 Å². The molecule has 0 N–H and O–H groups in total. The Bertz CT molecular complexity index is 1680. The zero-order valence-electron chi connectivity index (χ0n) is 23.2. The van der Waals surface area contributed by atoms with E-state index < -0.39 is 10.0 Å². The molecule has 0 saturated carbocycles. The lowest BCUT2D eigenvalue weighted by atomic mass is 10.0. The number of hydrogen-bond donors (Lipinski definition) is 0. The average molecular weight is 642 g/mol. The van der Waals surface area contributed by atoms with Crippen molar-refractivity contribution in [1.29, 1.82) is 0 Å². The third-order valence-corrected chi connectivity index (χ3v) is 10.8. The predicted octanol–water partition coefficient (Wildman–Crippen LogP) is 4.34. The van der Waals surface area contributed by atoms with Crippen LogP contribution in [-0.2, 0) is 30.9 Å². The second-order valence-electron chi connectivity index (χ2n) is 10.9. The van der Waals surface area contributed by atoms with Crippen LogP contribution in [0.1, 0.15) is 37.3 Å². The molecule has 2 saturated heterocycles. The number of ether oxygens (including phenoxy) is 1. The van der Waals surface area contributed by atoms with Crippen molar-refractivity contribution in [3.05, 3.63) is 58.2 Å². The Morgan fingerprint density at radius 1 is 1.10 bits per heavy atom. The molecule has 0 bridgehead atoms. The van der Waals surface area contributed by atoms with E-state index in [1.54, 1.807) is 30.1 Å². The summed E-state index contributed by atoms with van der Waals surface area (Å²) in [6.45, 7) is 4.39. The Labute approximate surface area is 248 Å². The summed E-state index contributed by atoms with van der Waals surface area (Å²) in [6.07, 6.45) is 6.90. The van der Waals surface area contributed by atoms with Crippen molar-refractivity contribution in [2.24, 2.45) is 0 Å². The molecule has 0 radical (unpaired) electrons. The molecule has 0 spiro atoms. The van der Waals surface area contributed by atoms with Gasteiger partial charge in [0.1, 0.15) is 6.54 Å². The van der Waals surface area contributed by atoms with E-state index >= 15 is 0 Å². The number of hydrogen-bond acceptors (Lipinski definition) is 5. The van der Waals surface area contributed by atoms with Crippen molar-refractivity contribution >= 4 is 66.0 Å². The van der Waals surface area contributed by atoms with E-state index in [1.807, 2.05) is 39.9 Å². The average Bonchev–Trinajstić information content (AvgIpc) is 3.42. The van der Waals surface area contributed by atoms with Gasteiger partial charge in [0, 0.05) is 71.0 Å². The van der Waals surface area contributed by atoms with Crippen LogP contribution in [0.4, 0.5) is 5.69 Å². The minimum Gasteiger partial charge on any atom is -0.379 e. The van der Waals surface area contributed by atoms with Crippen LogP contribution in [0.15, 0.2) is 52.0 Å². The lowest BCUT2D eigenvalue weighted by Crippen LogP contribution is -2.43. The summed E-state index contributed by atoms with van der Waals surface area (Å²) in [6, 6.07) is 11.0. The van der Waals surface area contributed by atoms with Crippen LogP contribution >= 0.6 is 15.9 Å². The van der Waals surface area contributed by atoms with Crippen molar-refractivity contribution in [3.63, 3.8) is 0 Å². The maximum absolute atomic E-state index is 13.5. The molecule has 1 aromatic heterocycles. The fraction of sp³-hybridized carbons (Fsp3) is 0.400. The molecule has 2 fully saturated rings. The molecule has 9 nitrogen and oxygen atoms in total. The Kier molecular flexibility index (Phi) is 7.56. The highest BCUT2D eigenvalue weighted by Gasteiger charge is 2.34. The van der Waals surface area contributed by atoms with Crippen molar-refractivity contribution in [2.45, 2.75) is 43.7 Å². The summed E-state index contributed by atoms with van der Waals surface area (Å²) in [4.78, 5) is 30.4. The van der Waals surface area contributed by atoms with E-state index in [4.69, 9.17) is 4.74 Å². The smallest absolute Gasteiger partial charge is 0.258 e. The number of rotatable bonds is 5. The van der Waals surface area contributed by atoms with Gasteiger partial charge >= 0.3 is 0 Å². The number of nitrogens with zero attached hydrogens (tertiary/aromatic N) is 4. The molecule has 41 heavy (non-hydrogen) atoms. The summed E-state index contributed by atoms with van der Waals surface area (Å²) >= 11 is 3.57. The monoisotopic (exact) mass is 640 g/mol. The van der Waals surface area contributed by atoms with Crippen LogP contribution in [0.2, 0.25) is 0 Å². The first-order valence-electron chi connectivity index (χ1n) is 13.9. The number of aromatic nitrogens is 1. The number of piperidine rings is 1. The number of carbonyl (C=O) groups excluding carboxylic acids is 2. The van der Waals surface area contributed by atoms with E-state index in [-0.39, 0.29) is 29.3 Å². The first-order chi connectivity index (χ1) is 19.6. The van der Waals surface area contributed by atoms with Gasteiger partial charge in [-0.15, -0.1) is 0 Å². The number of benzene rings is 2. The van der Waals surface area contributed by atoms with Gasteiger partial charge in [0.25, 0.3) is 5.91 Å². The van der Waals surface area contributed by atoms with Gasteiger partial charge in [-0.25, -0.2) is 8.42 Å². The normalized spacial score (nSPS) is 21.2. The van der Waals surface area contributed by atoms with Crippen molar-refractivity contribution in [1.82, 2.24) is 13.8 Å². The standard InChI is InChI=1S/C30H33BrN4O5S/c1-20-5-3-4-10-35(20)29(36)19-33-18-21(24-16-22(31)6-8-28(24)33)15-26-25-17-23(7-9-27(25)32(2)30(26)37)41(38,39)34-11-13-40-14-12-34/h6-9,15-18,20H,3-5,10-14,19H2,1-2H3/b26-15-. The zero-order valence-corrected chi connectivity index (χ0v) is 25.6. The van der Waals surface area contributed by atoms with Crippen LogP contribution in [0.5, 0.6) is 0 Å². The molecule has 3 aliphatic rings. The van der Waals surface area contributed by atoms with E-state index in [9.17, 15) is 18.0 Å². The lowest BCUT2D eigenvalue weighted by Gasteiger charge is -2.33. The number of likely N-dealkylation sites (tertiary alicyclic amines) is 1. The molecular weight excluding hydrogens is 608 g/mol. The largest absolute Gasteiger partial charge is 0.379 e. The van der Waals surface area contributed by atoms with Crippen molar-refractivity contribution < 1.29 is 22.7 Å². The van der Waals surface area contributed by atoms with Crippen LogP contribution in [0.3, 0.4) is 0 Å². The summed E-state index contributed by atoms with van der Waals surface area (Å²) in [7, 11) is -2.05. The molecule has 1 atom stereocenters. The maximum atomic E-state index is 13.5. The number of halogens is 1. The number of anilines is 1. The third kappa shape index (κ3) is 5.13. The van der Waals surface area contributed by atoms with Gasteiger partial charge in [-0.1, -0.05) is 15.9 Å². The number of amides is 2. The van der Waals surface area contributed by atoms with E-state index in [0.717, 1.165) is 46.7 Å². The highest BCUT2D eigenvalue weighted by molar-refractivity contribution is 9.10. The zero-order chi connectivity index (χ0) is 28.9. The van der Waals surface area contributed by atoms with Crippen molar-refractivity contribution in [2.75, 3.05) is 44.8 Å². The lowest BCUT2D eigenvalue weighted by molar-refractivity contribution is -0.135. The first-order valence-corrected chi connectivity index (χ1v) is 16.2. The SMILES string of the molecule is CC1CCCCN1C(=O)Cn1cc(/C=C2\C(=O)N(C)c3ccc(S(=O)(=O)N4CCOCC4)cc32)c2cc(Br)ccc21. The second-order valence-corrected chi connectivity index (χ2v) is 13.8. The fourth-order valence-electron chi connectivity index (χ4n) is 6.07. The van der Waals surface area contributed by atoms with E-state index in [0.29, 0.717) is 43.1 Å². The summed E-state index contributed by atoms with van der Waals surface area (Å²) < 4.78 is 36.4. The van der Waals surface area contributed by atoms with E-state index in [2.05, 4.69) is 22.9 Å². The minimum absolute atomic E-state index is 0.0798. The Morgan fingerprint density at radius 3 is 2.63 bits per heavy atom. The van der Waals surface area contributed by atoms with Gasteiger partial charge in [-0.3, -0.25) is 9.59 Å². The molecule has 3 aliphatic heterocycles. The van der Waals surface area contributed by atoms with Gasteiger partial charge in [0.15, 0.2) is 0 Å². The molecule has 216 valence electrons. The molecule has 4 heterocycles. The maximum Gasteiger partial charge on any atom is 0.258 e. The molecule has 3 aromatic rings. The summed E-state index contributed by atoms with van der Waals surface area (Å²) in [5.74, 6) is -0.133. The minimum atomic E-state index is -3.74. The quantitative estimate of drug-likeness (QED) is 0.387. The van der Waals surface area contributed by atoms with Crippen LogP contribution in [0.25, 0.3) is 22.6 Å². The van der Waals surface area contributed by atoms with Gasteiger partial charge in [-0.2, -0.15) is 4.31 Å². The highest BCUT2D eigenvalue weighted by atomic mass is 79.9. The van der Waals surface area contributed by atoms with Crippen LogP contribution in [-0.4, -0.2) is 79.9 Å². The van der Waals surface area contributed by atoms with Crippen molar-refractivity contribution in [3.8, 4) is 0 Å². The number of morpholine rings is 1. The number of fused-ring (bicyclic) bond motifs is 2. The van der Waals surface area contributed by atoms with Gasteiger partial charge in [-0.05, 0) is 68.7 Å². The molecule has 2 aromatic carbocycles. The Hall–Kier alpha value is -2.99. The van der Waals surface area contributed by atoms with Crippen LogP contribution < -0.4 is 4.90 Å². The van der Waals surface area contributed by atoms with E-state index in [1.165, 1.54) is 4.31 Å². The highest BCUT2D eigenvalue weighted by Crippen LogP contribution is 2.40. The van der Waals surface area contributed by atoms with Gasteiger partial charge < -0.3 is 19.1 Å². The molecule has 0 aliphatic carbocycles. The first kappa shape index (κ1) is 28.1. The molecule has 2 amide bonds. The molecule has 1 unspecified atom stereocenters. The van der Waals surface area contributed by atoms with Gasteiger partial charge in [0.2, 0.25) is 15.9 Å². The number of likely N-dealkylation sites (N-methyl/N-ethyl adjacent to an activating group) is 1. The van der Waals surface area contributed by atoms with Gasteiger partial charge in [0.05, 0.1) is 23.8 Å². The molecular formula is C30H33BrN4O5S. The fourth-order valence-corrected chi connectivity index (χ4v) is 7.86. The second kappa shape index (κ2) is 11.0. The summed E-state index contributed by atoms with van der Waals surface area (Å²) in [5, 5.41) is 0.896. The predicted molar refractivity (Wildman–Crippen MR) is 162 cm³/mol. The molecule has 6 rings (SSSR count). The Balaban J connectivity index is 1.40. The van der Waals surface area contributed by atoms with Crippen LogP contribution in [0, 0.1) is 0 Å². The third-order valence-electron chi connectivity index (χ3n) is 8.37.